The van der Waals surface area contributed by atoms with Crippen molar-refractivity contribution in [3.05, 3.63) is 65.7 Å². The van der Waals surface area contributed by atoms with Crippen LogP contribution in [0.2, 0.25) is 0 Å². The van der Waals surface area contributed by atoms with Gasteiger partial charge in [0.2, 0.25) is 0 Å². The Morgan fingerprint density at radius 3 is 2.18 bits per heavy atom. The molecule has 28 heavy (non-hydrogen) atoms. The van der Waals surface area contributed by atoms with Crippen LogP contribution < -0.4 is 0 Å². The topological polar surface area (TPSA) is 29.5 Å². The number of nitrogens with zero attached hydrogens (tertiary/aromatic N) is 1. The van der Waals surface area contributed by atoms with E-state index in [2.05, 4.69) is 49.3 Å². The van der Waals surface area contributed by atoms with Gasteiger partial charge in [0.15, 0.2) is 5.78 Å². The first kappa shape index (κ1) is 22.7. The highest BCUT2D eigenvalue weighted by Gasteiger charge is 2.28. The van der Waals surface area contributed by atoms with Gasteiger partial charge in [-0.05, 0) is 44.2 Å². The Bertz CT molecular complexity index is 707. The molecule has 2 aromatic rings. The van der Waals surface area contributed by atoms with E-state index in [-0.39, 0.29) is 11.3 Å². The highest BCUT2D eigenvalue weighted by atomic mass is 32.2. The van der Waals surface area contributed by atoms with Crippen molar-refractivity contribution in [3.8, 4) is 0 Å². The third-order valence-corrected chi connectivity index (χ3v) is 5.82. The maximum Gasteiger partial charge on any atom is 0.162 e. The molecule has 2 aromatic carbocycles. The van der Waals surface area contributed by atoms with Crippen molar-refractivity contribution >= 4 is 17.5 Å². The summed E-state index contributed by atoms with van der Waals surface area (Å²) in [5, 5.41) is 0. The number of carbonyl (C=O) groups is 1. The van der Waals surface area contributed by atoms with Crippen LogP contribution >= 0.6 is 11.8 Å². The lowest BCUT2D eigenvalue weighted by Crippen LogP contribution is -2.51. The number of carbonyl (C=O) groups excluding carboxylic acids is 1. The van der Waals surface area contributed by atoms with Gasteiger partial charge in [0.1, 0.15) is 0 Å². The summed E-state index contributed by atoms with van der Waals surface area (Å²) in [5.74, 6) is 0.209. The standard InChI is InChI=1S/C15H23NOS.C9H10O/c1-15(2,16-8-10-17-11-9-16)12-13-4-6-14(18-3)7-5-13;1-2-9(10)8-6-4-3-5-7-8/h4-7H,8-12H2,1-3H3;3-7H,2H2,1H3. The van der Waals surface area contributed by atoms with Crippen molar-refractivity contribution in [1.82, 2.24) is 4.90 Å². The van der Waals surface area contributed by atoms with Gasteiger partial charge in [-0.3, -0.25) is 9.69 Å². The first-order valence-corrected chi connectivity index (χ1v) is 11.2. The summed E-state index contributed by atoms with van der Waals surface area (Å²) in [6.07, 6.45) is 3.80. The van der Waals surface area contributed by atoms with Gasteiger partial charge in [-0.25, -0.2) is 0 Å². The van der Waals surface area contributed by atoms with E-state index in [1.807, 2.05) is 37.3 Å². The number of ketones is 1. The number of ether oxygens (including phenoxy) is 1. The lowest BCUT2D eigenvalue weighted by atomic mass is 9.92. The lowest BCUT2D eigenvalue weighted by Gasteiger charge is -2.41. The van der Waals surface area contributed by atoms with E-state index in [9.17, 15) is 4.79 Å². The van der Waals surface area contributed by atoms with Gasteiger partial charge in [0, 0.05) is 35.5 Å². The molecule has 3 nitrogen and oxygen atoms in total. The largest absolute Gasteiger partial charge is 0.379 e. The minimum atomic E-state index is 0.209. The molecule has 0 unspecified atom stereocenters. The van der Waals surface area contributed by atoms with Crippen molar-refractivity contribution in [2.24, 2.45) is 0 Å². The molecule has 0 radical (unpaired) electrons. The van der Waals surface area contributed by atoms with Crippen molar-refractivity contribution in [1.29, 1.82) is 0 Å². The molecular formula is C24H33NO2S. The van der Waals surface area contributed by atoms with Crippen molar-refractivity contribution < 1.29 is 9.53 Å². The number of rotatable bonds is 6. The molecule has 1 saturated heterocycles. The summed E-state index contributed by atoms with van der Waals surface area (Å²) in [7, 11) is 0. The van der Waals surface area contributed by atoms with E-state index in [0.717, 1.165) is 38.3 Å². The highest BCUT2D eigenvalue weighted by Crippen LogP contribution is 2.23. The fraction of sp³-hybridized carbons (Fsp3) is 0.458. The van der Waals surface area contributed by atoms with Crippen LogP contribution in [-0.4, -0.2) is 48.8 Å². The van der Waals surface area contributed by atoms with E-state index < -0.39 is 0 Å². The van der Waals surface area contributed by atoms with Gasteiger partial charge in [-0.2, -0.15) is 0 Å². The number of benzene rings is 2. The zero-order valence-electron chi connectivity index (χ0n) is 17.6. The smallest absolute Gasteiger partial charge is 0.162 e. The molecule has 0 aromatic heterocycles. The molecule has 0 bridgehead atoms. The van der Waals surface area contributed by atoms with Crippen molar-refractivity contribution in [2.75, 3.05) is 32.6 Å². The Hall–Kier alpha value is -1.62. The highest BCUT2D eigenvalue weighted by molar-refractivity contribution is 7.98. The molecule has 1 aliphatic rings. The van der Waals surface area contributed by atoms with Gasteiger partial charge in [-0.1, -0.05) is 49.4 Å². The number of hydrogen-bond acceptors (Lipinski definition) is 4. The van der Waals surface area contributed by atoms with Crippen LogP contribution in [0.15, 0.2) is 59.5 Å². The number of Topliss-reactive ketones (excluding diaryl/α,β-unsaturated/α-hetero) is 1. The molecule has 0 atom stereocenters. The number of thioether (sulfide) groups is 1. The maximum atomic E-state index is 11.0. The summed E-state index contributed by atoms with van der Waals surface area (Å²) in [4.78, 5) is 14.9. The third-order valence-electron chi connectivity index (χ3n) is 5.08. The average molecular weight is 400 g/mol. The molecule has 0 N–H and O–H groups in total. The van der Waals surface area contributed by atoms with E-state index in [0.29, 0.717) is 6.42 Å². The van der Waals surface area contributed by atoms with Crippen LogP contribution in [0.3, 0.4) is 0 Å². The average Bonchev–Trinajstić information content (AvgIpc) is 2.75. The maximum absolute atomic E-state index is 11.0. The zero-order chi connectivity index (χ0) is 20.4. The van der Waals surface area contributed by atoms with Gasteiger partial charge in [-0.15, -0.1) is 11.8 Å². The summed E-state index contributed by atoms with van der Waals surface area (Å²) < 4.78 is 5.43. The van der Waals surface area contributed by atoms with E-state index >= 15 is 0 Å². The summed E-state index contributed by atoms with van der Waals surface area (Å²) in [6, 6.07) is 18.3. The van der Waals surface area contributed by atoms with E-state index in [4.69, 9.17) is 4.74 Å². The zero-order valence-corrected chi connectivity index (χ0v) is 18.4. The third kappa shape index (κ3) is 7.08. The Labute approximate surface area is 174 Å². The fourth-order valence-electron chi connectivity index (χ4n) is 3.35. The van der Waals surface area contributed by atoms with Crippen molar-refractivity contribution in [3.63, 3.8) is 0 Å². The van der Waals surface area contributed by atoms with Crippen LogP contribution in [0.5, 0.6) is 0 Å². The first-order chi connectivity index (χ1) is 13.5. The van der Waals surface area contributed by atoms with Crippen LogP contribution in [0.1, 0.15) is 43.1 Å². The second-order valence-electron chi connectivity index (χ2n) is 7.58. The Morgan fingerprint density at radius 1 is 1.04 bits per heavy atom. The van der Waals surface area contributed by atoms with E-state index in [1.165, 1.54) is 10.5 Å². The molecule has 0 spiro atoms. The Kier molecular flexibility index (Phi) is 9.23. The van der Waals surface area contributed by atoms with Gasteiger partial charge >= 0.3 is 0 Å². The number of hydrogen-bond donors (Lipinski definition) is 0. The fourth-order valence-corrected chi connectivity index (χ4v) is 3.76. The normalized spacial score (nSPS) is 14.9. The minimum absolute atomic E-state index is 0.209. The van der Waals surface area contributed by atoms with Gasteiger partial charge < -0.3 is 4.74 Å². The summed E-state index contributed by atoms with van der Waals surface area (Å²) >= 11 is 1.80. The molecule has 152 valence electrons. The second-order valence-corrected chi connectivity index (χ2v) is 8.46. The van der Waals surface area contributed by atoms with E-state index in [1.54, 1.807) is 11.8 Å². The molecule has 4 heteroatoms. The minimum Gasteiger partial charge on any atom is -0.379 e. The Morgan fingerprint density at radius 2 is 1.64 bits per heavy atom. The Balaban J connectivity index is 0.000000237. The lowest BCUT2D eigenvalue weighted by molar-refractivity contribution is -0.00984. The molecule has 0 amide bonds. The van der Waals surface area contributed by atoms with Gasteiger partial charge in [0.05, 0.1) is 13.2 Å². The molecule has 1 aliphatic heterocycles. The molecule has 1 fully saturated rings. The van der Waals surface area contributed by atoms with Crippen molar-refractivity contribution in [2.45, 2.75) is 44.0 Å². The predicted molar refractivity (Wildman–Crippen MR) is 119 cm³/mol. The molecular weight excluding hydrogens is 366 g/mol. The molecule has 0 aliphatic carbocycles. The van der Waals surface area contributed by atoms with Crippen LogP contribution in [0, 0.1) is 0 Å². The van der Waals surface area contributed by atoms with Gasteiger partial charge in [0.25, 0.3) is 0 Å². The summed E-state index contributed by atoms with van der Waals surface area (Å²) in [6.45, 7) is 10.4. The second kappa shape index (κ2) is 11.4. The van der Waals surface area contributed by atoms with Crippen LogP contribution in [0.4, 0.5) is 0 Å². The molecule has 3 rings (SSSR count). The molecule has 1 heterocycles. The summed E-state index contributed by atoms with van der Waals surface area (Å²) in [5.41, 5.74) is 2.44. The van der Waals surface area contributed by atoms with Crippen LogP contribution in [-0.2, 0) is 11.2 Å². The quantitative estimate of drug-likeness (QED) is 0.484. The molecule has 0 saturated carbocycles. The SMILES string of the molecule is CCC(=O)c1ccccc1.CSc1ccc(CC(C)(C)N2CCOCC2)cc1. The van der Waals surface area contributed by atoms with Crippen LogP contribution in [0.25, 0.3) is 0 Å². The first-order valence-electron chi connectivity index (χ1n) is 10.00. The predicted octanol–water partition coefficient (Wildman–Crippen LogP) is 5.34. The monoisotopic (exact) mass is 399 g/mol. The number of morpholine rings is 1.